The molecule has 0 saturated carbocycles. The van der Waals surface area contributed by atoms with Gasteiger partial charge in [-0.3, -0.25) is 4.79 Å². The van der Waals surface area contributed by atoms with Gasteiger partial charge >= 0.3 is 7.12 Å². The van der Waals surface area contributed by atoms with Crippen LogP contribution in [0.15, 0.2) is 6.07 Å². The Labute approximate surface area is 226 Å². The van der Waals surface area contributed by atoms with Crippen LogP contribution >= 0.6 is 0 Å². The summed E-state index contributed by atoms with van der Waals surface area (Å²) in [7, 11) is 1.02. The maximum Gasteiger partial charge on any atom is 0.498 e. The first-order valence-corrected chi connectivity index (χ1v) is 16.9. The maximum atomic E-state index is 13.9. The summed E-state index contributed by atoms with van der Waals surface area (Å²) >= 11 is 0. The molecule has 0 aliphatic carbocycles. The Morgan fingerprint density at radius 1 is 0.946 bits per heavy atom. The van der Waals surface area contributed by atoms with Gasteiger partial charge in [0.1, 0.15) is 0 Å². The van der Waals surface area contributed by atoms with Crippen LogP contribution in [0.5, 0.6) is 17.2 Å². The number of carbonyl (C=O) groups excluding carboxylic acids is 1. The van der Waals surface area contributed by atoms with Gasteiger partial charge in [0.25, 0.3) is 5.91 Å². The van der Waals surface area contributed by atoms with Crippen molar-refractivity contribution in [3.8, 4) is 17.2 Å². The van der Waals surface area contributed by atoms with Crippen LogP contribution in [0.2, 0.25) is 25.7 Å². The summed E-state index contributed by atoms with van der Waals surface area (Å²) in [5.74, 6) is 0.941. The monoisotopic (exact) mass is 535 g/mol. The Balaban J connectivity index is 2.65. The molecule has 37 heavy (non-hydrogen) atoms. The fraction of sp³-hybridized carbons (Fsp3) is 0.750. The number of methoxy groups -OCH3 is 2. The number of nitrogens with one attached hydrogen (secondary N) is 1. The summed E-state index contributed by atoms with van der Waals surface area (Å²) in [6, 6.07) is 2.71. The number of hydrogen-bond donors (Lipinski definition) is 1. The Morgan fingerprint density at radius 2 is 1.46 bits per heavy atom. The third-order valence-corrected chi connectivity index (χ3v) is 8.61. The van der Waals surface area contributed by atoms with Crippen LogP contribution in [0, 0.1) is 5.41 Å². The smallest absolute Gasteiger partial charge is 0.493 e. The lowest BCUT2D eigenvalue weighted by atomic mass is 9.76. The van der Waals surface area contributed by atoms with Crippen LogP contribution in [0.3, 0.4) is 0 Å². The first-order chi connectivity index (χ1) is 16.6. The molecule has 0 radical (unpaired) electrons. The van der Waals surface area contributed by atoms with E-state index in [0.29, 0.717) is 34.9 Å². The van der Waals surface area contributed by atoms with Gasteiger partial charge in [0.15, 0.2) is 11.5 Å². The Hall–Kier alpha value is -1.71. The van der Waals surface area contributed by atoms with Crippen LogP contribution in [0.25, 0.3) is 0 Å². The summed E-state index contributed by atoms with van der Waals surface area (Å²) < 4.78 is 30.6. The molecule has 0 atom stereocenters. The number of benzene rings is 1. The van der Waals surface area contributed by atoms with Gasteiger partial charge in [0.2, 0.25) is 5.75 Å². The zero-order chi connectivity index (χ0) is 28.6. The zero-order valence-corrected chi connectivity index (χ0v) is 26.7. The Kier molecular flexibility index (Phi) is 9.21. The predicted molar refractivity (Wildman–Crippen MR) is 155 cm³/mol. The molecule has 210 valence electrons. The molecule has 1 aromatic rings. The predicted octanol–water partition coefficient (Wildman–Crippen LogP) is 5.66. The van der Waals surface area contributed by atoms with Gasteiger partial charge < -0.3 is 28.8 Å². The van der Waals surface area contributed by atoms with E-state index in [0.717, 1.165) is 12.5 Å². The molecule has 1 aliphatic rings. The minimum Gasteiger partial charge on any atom is -0.493 e. The lowest BCUT2D eigenvalue weighted by molar-refractivity contribution is 0.00578. The van der Waals surface area contributed by atoms with Crippen molar-refractivity contribution in [2.24, 2.45) is 5.41 Å². The van der Waals surface area contributed by atoms with Gasteiger partial charge in [-0.15, -0.1) is 0 Å². The topological polar surface area (TPSA) is 75.3 Å². The van der Waals surface area contributed by atoms with Gasteiger partial charge in [0, 0.05) is 19.1 Å². The molecule has 1 heterocycles. The molecule has 0 bridgehead atoms. The fourth-order valence-electron chi connectivity index (χ4n) is 4.70. The van der Waals surface area contributed by atoms with Gasteiger partial charge in [-0.1, -0.05) is 40.4 Å². The summed E-state index contributed by atoms with van der Waals surface area (Å²) in [6.45, 7) is 25.9. The normalized spacial score (nSPS) is 17.5. The highest BCUT2D eigenvalue weighted by molar-refractivity contribution is 6.76. The molecule has 1 aromatic carbocycles. The fourth-order valence-corrected chi connectivity index (χ4v) is 5.41. The third-order valence-electron chi connectivity index (χ3n) is 6.90. The number of rotatable bonds is 10. The van der Waals surface area contributed by atoms with Crippen molar-refractivity contribution in [1.82, 2.24) is 5.32 Å². The van der Waals surface area contributed by atoms with Gasteiger partial charge in [-0.2, -0.15) is 0 Å². The Bertz CT molecular complexity index is 962. The zero-order valence-electron chi connectivity index (χ0n) is 25.7. The minimum absolute atomic E-state index is 0.0406. The standard InChI is InChI=1S/C28H50BNO6Si/c1-25(2,3)18-26(4,5)30-24(31)19-17-20(29-35-27(6,7)28(8,9)36-29)22(32-10)23(33-11)21(19)34-15-16-37(12,13)14/h17H,15-16,18H2,1-14H3,(H,30,31). The lowest BCUT2D eigenvalue weighted by Gasteiger charge is -2.33. The van der Waals surface area contributed by atoms with E-state index in [2.05, 4.69) is 45.7 Å². The van der Waals surface area contributed by atoms with Gasteiger partial charge in [-0.05, 0) is 65.5 Å². The molecule has 1 fully saturated rings. The molecule has 0 spiro atoms. The van der Waals surface area contributed by atoms with E-state index in [1.807, 2.05) is 41.5 Å². The Morgan fingerprint density at radius 3 is 1.89 bits per heavy atom. The number of hydrogen-bond acceptors (Lipinski definition) is 6. The largest absolute Gasteiger partial charge is 0.498 e. The van der Waals surface area contributed by atoms with Crippen LogP contribution in [-0.2, 0) is 9.31 Å². The molecule has 9 heteroatoms. The molecular formula is C28H50BNO6Si. The van der Waals surface area contributed by atoms with Crippen molar-refractivity contribution in [3.63, 3.8) is 0 Å². The van der Waals surface area contributed by atoms with E-state index in [1.54, 1.807) is 20.3 Å². The average molecular weight is 536 g/mol. The van der Waals surface area contributed by atoms with Crippen molar-refractivity contribution < 1.29 is 28.3 Å². The molecule has 1 amide bonds. The van der Waals surface area contributed by atoms with Crippen molar-refractivity contribution >= 4 is 26.6 Å². The first-order valence-electron chi connectivity index (χ1n) is 13.2. The van der Waals surface area contributed by atoms with Crippen molar-refractivity contribution in [1.29, 1.82) is 0 Å². The number of ether oxygens (including phenoxy) is 3. The average Bonchev–Trinajstić information content (AvgIpc) is 2.90. The summed E-state index contributed by atoms with van der Waals surface area (Å²) in [4.78, 5) is 13.9. The van der Waals surface area contributed by atoms with Crippen molar-refractivity contribution in [3.05, 3.63) is 11.6 Å². The van der Waals surface area contributed by atoms with E-state index in [9.17, 15) is 4.79 Å². The molecule has 0 unspecified atom stereocenters. The second-order valence-electron chi connectivity index (χ2n) is 14.2. The second kappa shape index (κ2) is 10.8. The quantitative estimate of drug-likeness (QED) is 0.390. The third kappa shape index (κ3) is 7.90. The lowest BCUT2D eigenvalue weighted by Crippen LogP contribution is -2.46. The molecule has 1 aliphatic heterocycles. The van der Waals surface area contributed by atoms with E-state index < -0.39 is 31.9 Å². The highest BCUT2D eigenvalue weighted by atomic mass is 28.3. The summed E-state index contributed by atoms with van der Waals surface area (Å²) in [5.41, 5.74) is -0.546. The molecule has 1 N–H and O–H groups in total. The van der Waals surface area contributed by atoms with E-state index in [4.69, 9.17) is 23.5 Å². The van der Waals surface area contributed by atoms with Crippen molar-refractivity contribution in [2.45, 2.75) is 111 Å². The number of amides is 1. The van der Waals surface area contributed by atoms with Crippen LogP contribution in [-0.4, -0.2) is 58.7 Å². The highest BCUT2D eigenvalue weighted by Crippen LogP contribution is 2.43. The maximum absolute atomic E-state index is 13.9. The van der Waals surface area contributed by atoms with Crippen molar-refractivity contribution in [2.75, 3.05) is 20.8 Å². The SMILES string of the molecule is COc1c(B2OC(C)(C)C(C)(C)O2)cc(C(=O)NC(C)(C)CC(C)(C)C)c(OCC[Si](C)(C)C)c1OC. The molecular weight excluding hydrogens is 485 g/mol. The first kappa shape index (κ1) is 31.5. The van der Waals surface area contributed by atoms with Crippen LogP contribution in [0.4, 0.5) is 0 Å². The van der Waals surface area contributed by atoms with Crippen LogP contribution < -0.4 is 25.0 Å². The van der Waals surface area contributed by atoms with Gasteiger partial charge in [-0.25, -0.2) is 0 Å². The molecule has 7 nitrogen and oxygen atoms in total. The molecule has 2 rings (SSSR count). The minimum atomic E-state index is -1.37. The van der Waals surface area contributed by atoms with E-state index in [-0.39, 0.29) is 11.3 Å². The number of carbonyl (C=O) groups is 1. The highest BCUT2D eigenvalue weighted by Gasteiger charge is 2.53. The molecule has 1 saturated heterocycles. The van der Waals surface area contributed by atoms with E-state index in [1.165, 1.54) is 0 Å². The van der Waals surface area contributed by atoms with E-state index >= 15 is 0 Å². The molecule has 0 aromatic heterocycles. The second-order valence-corrected chi connectivity index (χ2v) is 19.9. The summed E-state index contributed by atoms with van der Waals surface area (Å²) in [5, 5.41) is 3.23. The summed E-state index contributed by atoms with van der Waals surface area (Å²) in [6.07, 6.45) is 0.801. The van der Waals surface area contributed by atoms with Crippen LogP contribution in [0.1, 0.15) is 79.1 Å². The van der Waals surface area contributed by atoms with Gasteiger partial charge in [0.05, 0.1) is 37.6 Å².